The van der Waals surface area contributed by atoms with E-state index >= 15 is 26.3 Å². The molecule has 53 heavy (non-hydrogen) atoms. The summed E-state index contributed by atoms with van der Waals surface area (Å²) in [6.45, 7) is 0. The molecule has 1 nitrogen and oxygen atoms in total. The number of nitrogens with two attached hydrogens (primary N) is 1. The first-order chi connectivity index (χ1) is 24.3. The highest BCUT2D eigenvalue weighted by molar-refractivity contribution is 6.48. The quantitative estimate of drug-likeness (QED) is 0.0773. The van der Waals surface area contributed by atoms with Gasteiger partial charge in [0.05, 0.1) is 22.2 Å². The fourth-order valence-corrected chi connectivity index (χ4v) is 6.12. The molecule has 0 saturated heterocycles. The Labute approximate surface area is 290 Å². The molecule has 0 spiro atoms. The third kappa shape index (κ3) is 6.30. The molecule has 0 aliphatic heterocycles. The lowest BCUT2D eigenvalue weighted by Crippen LogP contribution is -2.49. The van der Waals surface area contributed by atoms with Gasteiger partial charge in [-0.15, -0.1) is 0 Å². The van der Waals surface area contributed by atoms with Crippen molar-refractivity contribution < 1.29 is 87.8 Å². The van der Waals surface area contributed by atoms with E-state index in [-0.39, 0.29) is 0 Å². The van der Waals surface area contributed by atoms with Crippen LogP contribution in [0.15, 0.2) is 0 Å². The van der Waals surface area contributed by atoms with Crippen LogP contribution < -0.4 is 5.73 Å². The van der Waals surface area contributed by atoms with Crippen molar-refractivity contribution in [3.05, 3.63) is 139 Å². The van der Waals surface area contributed by atoms with E-state index in [1.807, 2.05) is 0 Å². The van der Waals surface area contributed by atoms with E-state index in [0.29, 0.717) is 0 Å². The first-order valence-corrected chi connectivity index (χ1v) is 14.3. The van der Waals surface area contributed by atoms with E-state index in [4.69, 9.17) is 28.9 Å². The summed E-state index contributed by atoms with van der Waals surface area (Å²) in [5, 5.41) is 0. The zero-order valence-corrected chi connectivity index (χ0v) is 26.1. The molecular formula is C30H9Cl2F20N. The highest BCUT2D eigenvalue weighted by Crippen LogP contribution is 2.52. The van der Waals surface area contributed by atoms with Crippen molar-refractivity contribution in [1.82, 2.24) is 0 Å². The summed E-state index contributed by atoms with van der Waals surface area (Å²) in [6.07, 6.45) is -5.10. The lowest BCUT2D eigenvalue weighted by Gasteiger charge is -2.40. The van der Waals surface area contributed by atoms with Crippen molar-refractivity contribution in [2.45, 2.75) is 35.1 Å². The Morgan fingerprint density at radius 3 is 0.868 bits per heavy atom. The lowest BCUT2D eigenvalue weighted by molar-refractivity contribution is 0.275. The molecule has 0 amide bonds. The summed E-state index contributed by atoms with van der Waals surface area (Å²) in [5.74, 6) is -64.8. The SMILES string of the molecule is NC(c1c(F)c(F)c(F)c(F)c1F)(c1c(F)c(F)c(F)c(F)c1F)C(CCCC(Cl)(Cl)c1c(F)c(F)c(F)c(F)c1F)c1c(F)c(F)c(F)c(F)c1F. The molecule has 4 rings (SSSR count). The van der Waals surface area contributed by atoms with Crippen molar-refractivity contribution in [3.63, 3.8) is 0 Å². The number of benzene rings is 4. The van der Waals surface area contributed by atoms with Gasteiger partial charge in [0.25, 0.3) is 0 Å². The van der Waals surface area contributed by atoms with Crippen LogP contribution in [0, 0.1) is 116 Å². The molecule has 288 valence electrons. The Morgan fingerprint density at radius 2 is 0.585 bits per heavy atom. The molecule has 0 bridgehead atoms. The monoisotopic (exact) mass is 833 g/mol. The molecule has 0 aliphatic carbocycles. The summed E-state index contributed by atoms with van der Waals surface area (Å²) in [7, 11) is 0. The second-order valence-electron chi connectivity index (χ2n) is 10.8. The van der Waals surface area contributed by atoms with E-state index in [2.05, 4.69) is 0 Å². The van der Waals surface area contributed by atoms with Crippen molar-refractivity contribution in [2.24, 2.45) is 5.73 Å². The van der Waals surface area contributed by atoms with E-state index in [1.54, 1.807) is 0 Å². The Morgan fingerprint density at radius 1 is 0.358 bits per heavy atom. The molecule has 0 heterocycles. The standard InChI is InChI=1S/C30H9Cl2F20N/c31-29(32,6-11(35)19(43)26(50)20(44)12(6)36)3-1-2-4(5-9(33)17(41)25(49)18(42)10(5)34)30(53,7-13(37)21(45)27(51)22(46)14(7)38)8-15(39)23(47)28(52)24(48)16(8)40/h4H,1-3,53H2. The maximum atomic E-state index is 15.4. The summed E-state index contributed by atoms with van der Waals surface area (Å²) < 4.78 is 289. The van der Waals surface area contributed by atoms with Gasteiger partial charge in [0, 0.05) is 11.5 Å². The van der Waals surface area contributed by atoms with Gasteiger partial charge >= 0.3 is 0 Å². The van der Waals surface area contributed by atoms with Gasteiger partial charge in [0.2, 0.25) is 23.3 Å². The van der Waals surface area contributed by atoms with Crippen LogP contribution in [0.2, 0.25) is 0 Å². The van der Waals surface area contributed by atoms with Crippen LogP contribution in [0.3, 0.4) is 0 Å². The van der Waals surface area contributed by atoms with E-state index < -0.39 is 174 Å². The molecule has 0 aromatic heterocycles. The molecule has 1 atom stereocenters. The molecular weight excluding hydrogens is 825 g/mol. The zero-order valence-electron chi connectivity index (χ0n) is 24.6. The minimum absolute atomic E-state index is 1.54. The highest BCUT2D eigenvalue weighted by atomic mass is 35.5. The van der Waals surface area contributed by atoms with Crippen LogP contribution in [0.4, 0.5) is 87.8 Å². The van der Waals surface area contributed by atoms with Crippen LogP contribution in [0.1, 0.15) is 47.4 Å². The van der Waals surface area contributed by atoms with Gasteiger partial charge in [-0.2, -0.15) is 0 Å². The second kappa shape index (κ2) is 14.3. The van der Waals surface area contributed by atoms with Gasteiger partial charge in [-0.1, -0.05) is 23.2 Å². The average Bonchev–Trinajstić information content (AvgIpc) is 3.10. The Hall–Kier alpha value is -3.98. The predicted octanol–water partition coefficient (Wildman–Crippen LogP) is 11.0. The van der Waals surface area contributed by atoms with Crippen LogP contribution in [0.5, 0.6) is 0 Å². The van der Waals surface area contributed by atoms with Gasteiger partial charge in [0.15, 0.2) is 93.1 Å². The topological polar surface area (TPSA) is 26.0 Å². The smallest absolute Gasteiger partial charge is 0.200 e. The van der Waals surface area contributed by atoms with Gasteiger partial charge in [-0.25, -0.2) is 87.8 Å². The fourth-order valence-electron chi connectivity index (χ4n) is 5.52. The molecule has 1 unspecified atom stereocenters. The van der Waals surface area contributed by atoms with Gasteiger partial charge in [-0.05, 0) is 19.3 Å². The normalized spacial score (nSPS) is 13.0. The Bertz CT molecular complexity index is 2000. The largest absolute Gasteiger partial charge is 0.317 e. The van der Waals surface area contributed by atoms with E-state index in [1.165, 1.54) is 0 Å². The minimum Gasteiger partial charge on any atom is -0.317 e. The maximum Gasteiger partial charge on any atom is 0.200 e. The molecule has 0 saturated carbocycles. The minimum atomic E-state index is -4.89. The number of hydrogen-bond acceptors (Lipinski definition) is 1. The average molecular weight is 834 g/mol. The maximum absolute atomic E-state index is 15.4. The third-order valence-electron chi connectivity index (χ3n) is 7.95. The number of alkyl halides is 2. The number of rotatable bonds is 9. The van der Waals surface area contributed by atoms with Crippen LogP contribution in [-0.2, 0) is 9.87 Å². The summed E-state index contributed by atoms with van der Waals surface area (Å²) >= 11 is 11.5. The molecule has 2 N–H and O–H groups in total. The van der Waals surface area contributed by atoms with Gasteiger partial charge in [0.1, 0.15) is 4.33 Å². The molecule has 23 heteroatoms. The predicted molar refractivity (Wildman–Crippen MR) is 140 cm³/mol. The first kappa shape index (κ1) is 41.8. The molecule has 0 fully saturated rings. The van der Waals surface area contributed by atoms with Crippen LogP contribution >= 0.6 is 23.2 Å². The van der Waals surface area contributed by atoms with Crippen LogP contribution in [0.25, 0.3) is 0 Å². The fraction of sp³-hybridized carbons (Fsp3) is 0.200. The van der Waals surface area contributed by atoms with Crippen molar-refractivity contribution in [1.29, 1.82) is 0 Å². The highest BCUT2D eigenvalue weighted by Gasteiger charge is 2.53. The lowest BCUT2D eigenvalue weighted by atomic mass is 9.67. The molecule has 0 radical (unpaired) electrons. The Balaban J connectivity index is 2.16. The van der Waals surface area contributed by atoms with Crippen molar-refractivity contribution in [2.75, 3.05) is 0 Å². The number of halogens is 22. The summed E-state index contributed by atoms with van der Waals surface area (Å²) in [6, 6.07) is 0. The van der Waals surface area contributed by atoms with Crippen molar-refractivity contribution in [3.8, 4) is 0 Å². The van der Waals surface area contributed by atoms with E-state index in [0.717, 1.165) is 0 Å². The van der Waals surface area contributed by atoms with Gasteiger partial charge < -0.3 is 5.73 Å². The Kier molecular flexibility index (Phi) is 11.3. The summed E-state index contributed by atoms with van der Waals surface area (Å²) in [5.41, 5.74) is -9.67. The first-order valence-electron chi connectivity index (χ1n) is 13.5. The zero-order chi connectivity index (χ0) is 40.6. The third-order valence-corrected chi connectivity index (χ3v) is 8.70. The molecule has 4 aromatic rings. The number of hydrogen-bond donors (Lipinski definition) is 1. The van der Waals surface area contributed by atoms with Gasteiger partial charge in [-0.3, -0.25) is 0 Å². The van der Waals surface area contributed by atoms with Crippen LogP contribution in [-0.4, -0.2) is 0 Å². The molecule has 4 aromatic carbocycles. The second-order valence-corrected chi connectivity index (χ2v) is 12.3. The van der Waals surface area contributed by atoms with Crippen molar-refractivity contribution >= 4 is 23.2 Å². The van der Waals surface area contributed by atoms with E-state index in [9.17, 15) is 61.5 Å². The summed E-state index contributed by atoms with van der Waals surface area (Å²) in [4.78, 5) is 0. The molecule has 0 aliphatic rings.